The summed E-state index contributed by atoms with van der Waals surface area (Å²) in [5.74, 6) is -1.73. The Balaban J connectivity index is 1.97. The number of nitrogens with one attached hydrogen (secondary N) is 1. The second-order valence-corrected chi connectivity index (χ2v) is 5.57. The van der Waals surface area contributed by atoms with Gasteiger partial charge in [-0.2, -0.15) is 0 Å². The molecule has 118 valence electrons. The molecule has 1 heterocycles. The monoisotopic (exact) mass is 304 g/mol. The standard InChI is InChI=1S/C16H20N2O4/c1-11(16(21)22)9-17-15(20)13-5-2-4-12(8-13)10-18-7-3-6-14(18)19/h2,4-5,8,11H,3,6-7,9-10H2,1H3,(H,17,20)(H,21,22)/t11-/m1/s1. The molecule has 0 radical (unpaired) electrons. The molecule has 1 aromatic carbocycles. The summed E-state index contributed by atoms with van der Waals surface area (Å²) >= 11 is 0. The maximum absolute atomic E-state index is 12.0. The lowest BCUT2D eigenvalue weighted by molar-refractivity contribution is -0.140. The summed E-state index contributed by atoms with van der Waals surface area (Å²) < 4.78 is 0. The van der Waals surface area contributed by atoms with Crippen molar-refractivity contribution in [2.24, 2.45) is 5.92 Å². The van der Waals surface area contributed by atoms with E-state index in [9.17, 15) is 14.4 Å². The molecular weight excluding hydrogens is 284 g/mol. The number of nitrogens with zero attached hydrogens (tertiary/aromatic N) is 1. The van der Waals surface area contributed by atoms with E-state index in [0.717, 1.165) is 18.5 Å². The van der Waals surface area contributed by atoms with Crippen molar-refractivity contribution in [3.05, 3.63) is 35.4 Å². The Morgan fingerprint density at radius 1 is 1.41 bits per heavy atom. The first kappa shape index (κ1) is 16.0. The normalized spacial score (nSPS) is 15.7. The van der Waals surface area contributed by atoms with Crippen LogP contribution in [0.2, 0.25) is 0 Å². The third kappa shape index (κ3) is 4.07. The number of aliphatic carboxylic acids is 1. The third-order valence-electron chi connectivity index (χ3n) is 3.72. The van der Waals surface area contributed by atoms with Gasteiger partial charge in [-0.25, -0.2) is 0 Å². The molecule has 2 N–H and O–H groups in total. The molecule has 1 saturated heterocycles. The third-order valence-corrected chi connectivity index (χ3v) is 3.72. The fourth-order valence-corrected chi connectivity index (χ4v) is 2.34. The molecule has 0 aliphatic carbocycles. The first-order valence-corrected chi connectivity index (χ1v) is 7.35. The smallest absolute Gasteiger partial charge is 0.308 e. The van der Waals surface area contributed by atoms with E-state index < -0.39 is 11.9 Å². The number of hydrogen-bond donors (Lipinski definition) is 2. The zero-order valence-corrected chi connectivity index (χ0v) is 12.5. The molecule has 1 aromatic rings. The van der Waals surface area contributed by atoms with Gasteiger partial charge in [-0.05, 0) is 24.1 Å². The highest BCUT2D eigenvalue weighted by Gasteiger charge is 2.20. The summed E-state index contributed by atoms with van der Waals surface area (Å²) in [6, 6.07) is 7.07. The Bertz CT molecular complexity index is 585. The molecule has 0 saturated carbocycles. The quantitative estimate of drug-likeness (QED) is 0.828. The van der Waals surface area contributed by atoms with E-state index in [1.807, 2.05) is 6.07 Å². The molecule has 1 fully saturated rings. The topological polar surface area (TPSA) is 86.7 Å². The van der Waals surface area contributed by atoms with E-state index in [1.165, 1.54) is 6.92 Å². The summed E-state index contributed by atoms with van der Waals surface area (Å²) in [5, 5.41) is 11.4. The molecule has 6 heteroatoms. The summed E-state index contributed by atoms with van der Waals surface area (Å²) in [5.41, 5.74) is 1.37. The van der Waals surface area contributed by atoms with Crippen molar-refractivity contribution >= 4 is 17.8 Å². The second kappa shape index (κ2) is 7.06. The number of carboxylic acid groups (broad SMARTS) is 1. The van der Waals surface area contributed by atoms with Gasteiger partial charge in [0.25, 0.3) is 5.91 Å². The van der Waals surface area contributed by atoms with Gasteiger partial charge in [0.2, 0.25) is 5.91 Å². The van der Waals surface area contributed by atoms with Gasteiger partial charge in [-0.1, -0.05) is 19.1 Å². The summed E-state index contributed by atoms with van der Waals surface area (Å²) in [4.78, 5) is 36.2. The molecule has 0 unspecified atom stereocenters. The molecule has 2 amide bonds. The van der Waals surface area contributed by atoms with Crippen LogP contribution in [0.15, 0.2) is 24.3 Å². The van der Waals surface area contributed by atoms with Gasteiger partial charge in [0, 0.05) is 31.6 Å². The van der Waals surface area contributed by atoms with Crippen LogP contribution in [0.1, 0.15) is 35.7 Å². The largest absolute Gasteiger partial charge is 0.481 e. The van der Waals surface area contributed by atoms with Crippen molar-refractivity contribution < 1.29 is 19.5 Å². The van der Waals surface area contributed by atoms with Crippen LogP contribution in [-0.4, -0.2) is 40.9 Å². The average molecular weight is 304 g/mol. The number of amides is 2. The highest BCUT2D eigenvalue weighted by Crippen LogP contribution is 2.15. The Hall–Kier alpha value is -2.37. The fourth-order valence-electron chi connectivity index (χ4n) is 2.34. The summed E-state index contributed by atoms with van der Waals surface area (Å²) in [6.07, 6.45) is 1.47. The summed E-state index contributed by atoms with van der Waals surface area (Å²) in [6.45, 7) is 2.89. The lowest BCUT2D eigenvalue weighted by atomic mass is 10.1. The van der Waals surface area contributed by atoms with Gasteiger partial charge in [-0.3, -0.25) is 14.4 Å². The molecule has 1 aliphatic heterocycles. The molecule has 0 spiro atoms. The molecular formula is C16H20N2O4. The fraction of sp³-hybridized carbons (Fsp3) is 0.438. The van der Waals surface area contributed by atoms with Crippen molar-refractivity contribution in [1.82, 2.24) is 10.2 Å². The van der Waals surface area contributed by atoms with Crippen LogP contribution in [0.25, 0.3) is 0 Å². The number of benzene rings is 1. The van der Waals surface area contributed by atoms with E-state index in [4.69, 9.17) is 5.11 Å². The van der Waals surface area contributed by atoms with Gasteiger partial charge in [0.15, 0.2) is 0 Å². The minimum atomic E-state index is -0.943. The van der Waals surface area contributed by atoms with E-state index in [0.29, 0.717) is 18.5 Å². The van der Waals surface area contributed by atoms with Crippen LogP contribution in [0.3, 0.4) is 0 Å². The maximum Gasteiger partial charge on any atom is 0.308 e. The zero-order chi connectivity index (χ0) is 16.1. The Labute approximate surface area is 129 Å². The number of carboxylic acids is 1. The first-order valence-electron chi connectivity index (χ1n) is 7.35. The molecule has 1 aliphatic rings. The predicted molar refractivity (Wildman–Crippen MR) is 80.2 cm³/mol. The van der Waals surface area contributed by atoms with Gasteiger partial charge in [0.1, 0.15) is 0 Å². The van der Waals surface area contributed by atoms with Gasteiger partial charge in [-0.15, -0.1) is 0 Å². The Morgan fingerprint density at radius 3 is 2.82 bits per heavy atom. The van der Waals surface area contributed by atoms with Crippen LogP contribution in [0.4, 0.5) is 0 Å². The maximum atomic E-state index is 12.0. The van der Waals surface area contributed by atoms with Crippen molar-refractivity contribution in [3.63, 3.8) is 0 Å². The summed E-state index contributed by atoms with van der Waals surface area (Å²) in [7, 11) is 0. The first-order chi connectivity index (χ1) is 10.5. The Kier molecular flexibility index (Phi) is 5.14. The average Bonchev–Trinajstić information content (AvgIpc) is 2.89. The number of rotatable bonds is 6. The second-order valence-electron chi connectivity index (χ2n) is 5.57. The van der Waals surface area contributed by atoms with Crippen molar-refractivity contribution in [2.45, 2.75) is 26.3 Å². The van der Waals surface area contributed by atoms with Gasteiger partial charge < -0.3 is 15.3 Å². The molecule has 0 aromatic heterocycles. The molecule has 2 rings (SSSR count). The highest BCUT2D eigenvalue weighted by atomic mass is 16.4. The van der Waals surface area contributed by atoms with Crippen molar-refractivity contribution in [3.8, 4) is 0 Å². The van der Waals surface area contributed by atoms with Crippen LogP contribution in [0, 0.1) is 5.92 Å². The minimum Gasteiger partial charge on any atom is -0.481 e. The Morgan fingerprint density at radius 2 is 2.18 bits per heavy atom. The highest BCUT2D eigenvalue weighted by molar-refractivity contribution is 5.94. The predicted octanol–water partition coefficient (Wildman–Crippen LogP) is 1.26. The molecule has 1 atom stereocenters. The van der Waals surface area contributed by atoms with Gasteiger partial charge >= 0.3 is 5.97 Å². The number of carbonyl (C=O) groups excluding carboxylic acids is 2. The minimum absolute atomic E-state index is 0.0863. The van der Waals surface area contributed by atoms with E-state index in [2.05, 4.69) is 5.32 Å². The molecule has 0 bridgehead atoms. The van der Waals surface area contributed by atoms with Crippen LogP contribution in [-0.2, 0) is 16.1 Å². The van der Waals surface area contributed by atoms with Gasteiger partial charge in [0.05, 0.1) is 5.92 Å². The lowest BCUT2D eigenvalue weighted by Crippen LogP contribution is -2.31. The van der Waals surface area contributed by atoms with Crippen LogP contribution >= 0.6 is 0 Å². The van der Waals surface area contributed by atoms with Crippen LogP contribution < -0.4 is 5.32 Å². The zero-order valence-electron chi connectivity index (χ0n) is 12.5. The van der Waals surface area contributed by atoms with E-state index >= 15 is 0 Å². The van der Waals surface area contributed by atoms with Crippen LogP contribution in [0.5, 0.6) is 0 Å². The number of likely N-dealkylation sites (tertiary alicyclic amines) is 1. The SMILES string of the molecule is C[C@H](CNC(=O)c1cccc(CN2CCCC2=O)c1)C(=O)O. The lowest BCUT2D eigenvalue weighted by Gasteiger charge is -2.16. The molecule has 22 heavy (non-hydrogen) atoms. The molecule has 6 nitrogen and oxygen atoms in total. The van der Waals surface area contributed by atoms with E-state index in [-0.39, 0.29) is 18.4 Å². The number of hydrogen-bond acceptors (Lipinski definition) is 3. The van der Waals surface area contributed by atoms with Crippen molar-refractivity contribution in [1.29, 1.82) is 0 Å². The number of carbonyl (C=O) groups is 3. The van der Waals surface area contributed by atoms with E-state index in [1.54, 1.807) is 23.1 Å². The van der Waals surface area contributed by atoms with Crippen molar-refractivity contribution in [2.75, 3.05) is 13.1 Å².